The summed E-state index contributed by atoms with van der Waals surface area (Å²) in [6, 6.07) is 3.82. The van der Waals surface area contributed by atoms with Gasteiger partial charge in [0.2, 0.25) is 10.0 Å². The van der Waals surface area contributed by atoms with E-state index >= 15 is 0 Å². The van der Waals surface area contributed by atoms with Crippen LogP contribution < -0.4 is 10.5 Å². The number of hydrogen-bond donors (Lipinski definition) is 2. The van der Waals surface area contributed by atoms with E-state index in [9.17, 15) is 8.42 Å². The highest BCUT2D eigenvalue weighted by molar-refractivity contribution is 7.89. The minimum absolute atomic E-state index is 0.162. The van der Waals surface area contributed by atoms with E-state index in [2.05, 4.69) is 4.72 Å². The summed E-state index contributed by atoms with van der Waals surface area (Å²) in [4.78, 5) is 1.03. The third kappa shape index (κ3) is 5.27. The first-order valence-corrected chi connectivity index (χ1v) is 7.37. The Morgan fingerprint density at radius 2 is 2.20 bits per heavy atom. The molecule has 0 aliphatic carbocycles. The lowest BCUT2D eigenvalue weighted by Crippen LogP contribution is -2.25. The smallest absolute Gasteiger partial charge is 0.211 e. The van der Waals surface area contributed by atoms with Crippen LogP contribution in [0.3, 0.4) is 0 Å². The van der Waals surface area contributed by atoms with Crippen LogP contribution in [0.1, 0.15) is 17.7 Å². The second-order valence-corrected chi connectivity index (χ2v) is 6.17. The van der Waals surface area contributed by atoms with E-state index in [1.807, 2.05) is 17.5 Å². The number of hydrogen-bond acceptors (Lipinski definition) is 4. The van der Waals surface area contributed by atoms with Crippen LogP contribution in [0.2, 0.25) is 0 Å². The zero-order valence-electron chi connectivity index (χ0n) is 8.48. The number of unbranched alkanes of at least 4 members (excludes halogenated alkanes) is 1. The Morgan fingerprint density at radius 1 is 1.40 bits per heavy atom. The molecule has 1 aromatic rings. The van der Waals surface area contributed by atoms with Crippen molar-refractivity contribution in [3.05, 3.63) is 22.4 Å². The van der Waals surface area contributed by atoms with Crippen LogP contribution in [0.5, 0.6) is 0 Å². The highest BCUT2D eigenvalue weighted by Gasteiger charge is 2.09. The molecule has 1 aromatic heterocycles. The number of sulfonamides is 1. The Hall–Kier alpha value is -0.430. The average Bonchev–Trinajstić information content (AvgIpc) is 2.68. The van der Waals surface area contributed by atoms with Crippen molar-refractivity contribution in [2.75, 3.05) is 12.3 Å². The SMILES string of the molecule is NCCCCS(=O)(=O)NCc1cccs1. The fraction of sp³-hybridized carbons (Fsp3) is 0.556. The molecule has 3 N–H and O–H groups in total. The van der Waals surface area contributed by atoms with Crippen molar-refractivity contribution < 1.29 is 8.42 Å². The van der Waals surface area contributed by atoms with Gasteiger partial charge in [0.15, 0.2) is 0 Å². The quantitative estimate of drug-likeness (QED) is 0.704. The first-order valence-electron chi connectivity index (χ1n) is 4.84. The molecule has 86 valence electrons. The van der Waals surface area contributed by atoms with Crippen LogP contribution in [-0.4, -0.2) is 20.7 Å². The van der Waals surface area contributed by atoms with E-state index in [-0.39, 0.29) is 5.75 Å². The van der Waals surface area contributed by atoms with Gasteiger partial charge in [0, 0.05) is 11.4 Å². The Kier molecular flexibility index (Phi) is 5.24. The molecule has 0 aliphatic heterocycles. The van der Waals surface area contributed by atoms with Gasteiger partial charge >= 0.3 is 0 Å². The third-order valence-electron chi connectivity index (χ3n) is 1.91. The van der Waals surface area contributed by atoms with Gasteiger partial charge in [-0.25, -0.2) is 13.1 Å². The van der Waals surface area contributed by atoms with Gasteiger partial charge in [-0.2, -0.15) is 0 Å². The molecule has 0 bridgehead atoms. The molecule has 6 heteroatoms. The second kappa shape index (κ2) is 6.22. The van der Waals surface area contributed by atoms with Crippen LogP contribution in [-0.2, 0) is 16.6 Å². The molecule has 15 heavy (non-hydrogen) atoms. The molecule has 0 fully saturated rings. The van der Waals surface area contributed by atoms with Crippen LogP contribution in [0, 0.1) is 0 Å². The first-order chi connectivity index (χ1) is 7.14. The molecule has 0 unspecified atom stereocenters. The van der Waals surface area contributed by atoms with Gasteiger partial charge in [0.1, 0.15) is 0 Å². The van der Waals surface area contributed by atoms with Crippen molar-refractivity contribution >= 4 is 21.4 Å². The summed E-state index contributed by atoms with van der Waals surface area (Å²) in [5.74, 6) is 0.162. The van der Waals surface area contributed by atoms with Gasteiger partial charge in [-0.3, -0.25) is 0 Å². The lowest BCUT2D eigenvalue weighted by Gasteiger charge is -2.04. The van der Waals surface area contributed by atoms with Crippen LogP contribution >= 0.6 is 11.3 Å². The van der Waals surface area contributed by atoms with Gasteiger partial charge in [-0.05, 0) is 30.8 Å². The van der Waals surface area contributed by atoms with E-state index in [1.165, 1.54) is 0 Å². The summed E-state index contributed by atoms with van der Waals surface area (Å²) in [5, 5.41) is 1.93. The zero-order chi connectivity index (χ0) is 11.1. The molecule has 1 rings (SSSR count). The second-order valence-electron chi connectivity index (χ2n) is 3.22. The molecule has 4 nitrogen and oxygen atoms in total. The zero-order valence-corrected chi connectivity index (χ0v) is 10.1. The summed E-state index contributed by atoms with van der Waals surface area (Å²) in [6.07, 6.45) is 1.37. The van der Waals surface area contributed by atoms with Crippen LogP contribution in [0.4, 0.5) is 0 Å². The van der Waals surface area contributed by atoms with E-state index in [4.69, 9.17) is 5.73 Å². The molecule has 0 radical (unpaired) electrons. The minimum Gasteiger partial charge on any atom is -0.330 e. The summed E-state index contributed by atoms with van der Waals surface area (Å²) >= 11 is 1.55. The van der Waals surface area contributed by atoms with Gasteiger partial charge < -0.3 is 5.73 Å². The number of rotatable bonds is 7. The Morgan fingerprint density at radius 3 is 2.80 bits per heavy atom. The fourth-order valence-corrected chi connectivity index (χ4v) is 2.94. The van der Waals surface area contributed by atoms with Crippen molar-refractivity contribution in [3.8, 4) is 0 Å². The van der Waals surface area contributed by atoms with Crippen LogP contribution in [0.15, 0.2) is 17.5 Å². The summed E-state index contributed by atoms with van der Waals surface area (Å²) in [5.41, 5.74) is 5.30. The summed E-state index contributed by atoms with van der Waals surface area (Å²) in [6.45, 7) is 0.934. The predicted molar refractivity (Wildman–Crippen MR) is 63.2 cm³/mol. The molecule has 0 amide bonds. The van der Waals surface area contributed by atoms with Crippen molar-refractivity contribution in [2.24, 2.45) is 5.73 Å². The molecule has 0 saturated carbocycles. The van der Waals surface area contributed by atoms with Crippen molar-refractivity contribution in [2.45, 2.75) is 19.4 Å². The summed E-state index contributed by atoms with van der Waals surface area (Å²) < 4.78 is 25.5. The normalized spacial score (nSPS) is 11.8. The average molecular weight is 248 g/mol. The fourth-order valence-electron chi connectivity index (χ4n) is 1.10. The van der Waals surface area contributed by atoms with E-state index in [1.54, 1.807) is 11.3 Å². The van der Waals surface area contributed by atoms with E-state index in [0.717, 1.165) is 11.3 Å². The minimum atomic E-state index is -3.13. The molecule has 0 saturated heterocycles. The molecule has 0 atom stereocenters. The molecule has 0 aliphatic rings. The standard InChI is InChI=1S/C9H16N2O2S2/c10-5-1-2-7-15(12,13)11-8-9-4-3-6-14-9/h3-4,6,11H,1-2,5,7-8,10H2. The van der Waals surface area contributed by atoms with Crippen molar-refractivity contribution in [1.29, 1.82) is 0 Å². The van der Waals surface area contributed by atoms with Gasteiger partial charge in [0.05, 0.1) is 5.75 Å². The molecular formula is C9H16N2O2S2. The largest absolute Gasteiger partial charge is 0.330 e. The monoisotopic (exact) mass is 248 g/mol. The van der Waals surface area contributed by atoms with E-state index < -0.39 is 10.0 Å². The number of nitrogens with one attached hydrogen (secondary N) is 1. The molecule has 1 heterocycles. The third-order valence-corrected chi connectivity index (χ3v) is 4.20. The van der Waals surface area contributed by atoms with Gasteiger partial charge in [-0.1, -0.05) is 6.07 Å². The maximum Gasteiger partial charge on any atom is 0.211 e. The van der Waals surface area contributed by atoms with Crippen LogP contribution in [0.25, 0.3) is 0 Å². The lowest BCUT2D eigenvalue weighted by molar-refractivity contribution is 0.577. The van der Waals surface area contributed by atoms with Crippen molar-refractivity contribution in [1.82, 2.24) is 4.72 Å². The highest BCUT2D eigenvalue weighted by Crippen LogP contribution is 2.08. The maximum atomic E-state index is 11.5. The van der Waals surface area contributed by atoms with Crippen molar-refractivity contribution in [3.63, 3.8) is 0 Å². The van der Waals surface area contributed by atoms with E-state index in [0.29, 0.717) is 19.5 Å². The summed E-state index contributed by atoms with van der Waals surface area (Å²) in [7, 11) is -3.13. The number of thiophene rings is 1. The Labute approximate surface area is 94.5 Å². The lowest BCUT2D eigenvalue weighted by atomic mass is 10.3. The molecule has 0 aromatic carbocycles. The molecule has 0 spiro atoms. The Balaban J connectivity index is 2.30. The predicted octanol–water partition coefficient (Wildman–Crippen LogP) is 0.906. The maximum absolute atomic E-state index is 11.5. The first kappa shape index (κ1) is 12.6. The van der Waals surface area contributed by atoms with Gasteiger partial charge in [0.25, 0.3) is 0 Å². The topological polar surface area (TPSA) is 72.2 Å². The van der Waals surface area contributed by atoms with Gasteiger partial charge in [-0.15, -0.1) is 11.3 Å². The molecular weight excluding hydrogens is 232 g/mol. The Bertz CT molecular complexity index is 359. The number of nitrogens with two attached hydrogens (primary N) is 1. The highest BCUT2D eigenvalue weighted by atomic mass is 32.2.